The number of aromatic nitrogens is 1. The molecular formula is C27H34Cl2N4O4. The van der Waals surface area contributed by atoms with Gasteiger partial charge in [-0.2, -0.15) is 0 Å². The summed E-state index contributed by atoms with van der Waals surface area (Å²) >= 11 is 12.0. The molecule has 1 saturated carbocycles. The molecule has 1 aliphatic carbocycles. The fraction of sp³-hybridized carbons (Fsp3) is 0.519. The number of halogens is 2. The monoisotopic (exact) mass is 548 g/mol. The van der Waals surface area contributed by atoms with E-state index < -0.39 is 18.1 Å². The van der Waals surface area contributed by atoms with Gasteiger partial charge in [-0.05, 0) is 81.7 Å². The Morgan fingerprint density at radius 1 is 1.19 bits per heavy atom. The maximum absolute atomic E-state index is 12.2. The Kier molecular flexibility index (Phi) is 9.88. The van der Waals surface area contributed by atoms with Crippen molar-refractivity contribution in [3.8, 4) is 0 Å². The maximum Gasteiger partial charge on any atom is 0.408 e. The molecule has 0 bridgehead atoms. The molecule has 200 valence electrons. The Labute approximate surface area is 227 Å². The summed E-state index contributed by atoms with van der Waals surface area (Å²) in [6, 6.07) is 8.67. The number of hydrogen-bond acceptors (Lipinski definition) is 6. The molecule has 0 saturated heterocycles. The van der Waals surface area contributed by atoms with E-state index in [9.17, 15) is 14.7 Å². The third-order valence-corrected chi connectivity index (χ3v) is 7.40. The van der Waals surface area contributed by atoms with E-state index in [1.165, 1.54) is 5.56 Å². The fourth-order valence-corrected chi connectivity index (χ4v) is 5.03. The van der Waals surface area contributed by atoms with Gasteiger partial charge in [0.1, 0.15) is 18.5 Å². The molecule has 1 amide bonds. The zero-order chi connectivity index (χ0) is 26.2. The number of hydrogen-bond donors (Lipinski definition) is 3. The lowest BCUT2D eigenvalue weighted by atomic mass is 10.1. The van der Waals surface area contributed by atoms with Crippen molar-refractivity contribution in [3.63, 3.8) is 0 Å². The average Bonchev–Trinajstić information content (AvgIpc) is 3.72. The quantitative estimate of drug-likeness (QED) is 0.291. The Morgan fingerprint density at radius 3 is 2.78 bits per heavy atom. The Morgan fingerprint density at radius 2 is 2.03 bits per heavy atom. The number of ether oxygens (including phenoxy) is 1. The van der Waals surface area contributed by atoms with Gasteiger partial charge in [-0.3, -0.25) is 0 Å². The van der Waals surface area contributed by atoms with E-state index in [-0.39, 0.29) is 6.61 Å². The van der Waals surface area contributed by atoms with Gasteiger partial charge >= 0.3 is 12.1 Å². The van der Waals surface area contributed by atoms with Crippen molar-refractivity contribution in [2.45, 2.75) is 70.1 Å². The van der Waals surface area contributed by atoms with Gasteiger partial charge in [-0.15, -0.1) is 0 Å². The van der Waals surface area contributed by atoms with Crippen LogP contribution in [0.15, 0.2) is 30.3 Å². The molecule has 1 aliphatic heterocycles. The van der Waals surface area contributed by atoms with Gasteiger partial charge in [-0.1, -0.05) is 35.3 Å². The Balaban J connectivity index is 1.19. The predicted molar refractivity (Wildman–Crippen MR) is 144 cm³/mol. The number of rotatable bonds is 13. The molecule has 10 heteroatoms. The summed E-state index contributed by atoms with van der Waals surface area (Å²) in [5, 5.41) is 16.4. The van der Waals surface area contributed by atoms with Crippen LogP contribution >= 0.6 is 23.2 Å². The number of amides is 1. The summed E-state index contributed by atoms with van der Waals surface area (Å²) in [7, 11) is 0. The summed E-state index contributed by atoms with van der Waals surface area (Å²) in [6.45, 7) is 2.42. The van der Waals surface area contributed by atoms with Crippen molar-refractivity contribution in [3.05, 3.63) is 57.2 Å². The van der Waals surface area contributed by atoms with Crippen LogP contribution in [0, 0.1) is 0 Å². The number of alkyl carbamates (subject to hydrolysis) is 1. The smallest absolute Gasteiger partial charge is 0.408 e. The number of carbonyl (C=O) groups is 2. The minimum absolute atomic E-state index is 0.0719. The van der Waals surface area contributed by atoms with E-state index in [1.807, 2.05) is 0 Å². The minimum Gasteiger partial charge on any atom is -0.480 e. The van der Waals surface area contributed by atoms with Gasteiger partial charge < -0.3 is 25.4 Å². The number of fused-ring (bicyclic) bond motifs is 1. The van der Waals surface area contributed by atoms with E-state index in [4.69, 9.17) is 32.9 Å². The Bertz CT molecular complexity index is 1100. The number of carboxylic acids is 1. The van der Waals surface area contributed by atoms with Gasteiger partial charge in [0.05, 0.1) is 0 Å². The number of carbonyl (C=O) groups excluding carboxylic acids is 1. The first-order valence-electron chi connectivity index (χ1n) is 13.0. The van der Waals surface area contributed by atoms with Crippen molar-refractivity contribution >= 4 is 41.1 Å². The standard InChI is InChI=1S/C27H34Cl2N4O4/c28-20-8-6-19(23(29)16-20)17-37-27(36)32-24(26(34)35)12-15-33(22-10-11-22)14-2-1-5-21-9-7-18-4-3-13-30-25(18)31-21/h6-9,16,22,24H,1-5,10-15,17H2,(H,30,31)(H,32,36)(H,34,35). The number of nitrogens with zero attached hydrogens (tertiary/aromatic N) is 2. The molecule has 2 heterocycles. The van der Waals surface area contributed by atoms with E-state index in [2.05, 4.69) is 27.7 Å². The largest absolute Gasteiger partial charge is 0.480 e. The van der Waals surface area contributed by atoms with E-state index >= 15 is 0 Å². The number of nitrogens with one attached hydrogen (secondary N) is 2. The first kappa shape index (κ1) is 27.5. The van der Waals surface area contributed by atoms with Gasteiger partial charge in [0.15, 0.2) is 0 Å². The van der Waals surface area contributed by atoms with Crippen LogP contribution in [0.25, 0.3) is 0 Å². The van der Waals surface area contributed by atoms with E-state index in [1.54, 1.807) is 18.2 Å². The molecule has 1 unspecified atom stereocenters. The van der Waals surface area contributed by atoms with Gasteiger partial charge in [0, 0.05) is 40.4 Å². The molecule has 1 fully saturated rings. The molecule has 0 radical (unpaired) electrons. The molecule has 3 N–H and O–H groups in total. The highest BCUT2D eigenvalue weighted by atomic mass is 35.5. The molecule has 8 nitrogen and oxygen atoms in total. The number of aliphatic carboxylic acids is 1. The van der Waals surface area contributed by atoms with Crippen LogP contribution in [0.3, 0.4) is 0 Å². The van der Waals surface area contributed by atoms with Crippen molar-refractivity contribution < 1.29 is 19.4 Å². The molecule has 1 aromatic heterocycles. The van der Waals surface area contributed by atoms with Crippen molar-refractivity contribution in [1.82, 2.24) is 15.2 Å². The van der Waals surface area contributed by atoms with Crippen LogP contribution in [-0.2, 0) is 29.0 Å². The average molecular weight is 549 g/mol. The van der Waals surface area contributed by atoms with E-state index in [0.717, 1.165) is 69.5 Å². The SMILES string of the molecule is O=C(NC(CCN(CCCCc1ccc2c(n1)NCCC2)C1CC1)C(=O)O)OCc1ccc(Cl)cc1Cl. The van der Waals surface area contributed by atoms with Gasteiger partial charge in [0.25, 0.3) is 0 Å². The third-order valence-electron chi connectivity index (χ3n) is 6.81. The topological polar surface area (TPSA) is 104 Å². The lowest BCUT2D eigenvalue weighted by Gasteiger charge is -2.24. The van der Waals surface area contributed by atoms with Crippen LogP contribution in [0.4, 0.5) is 10.6 Å². The number of anilines is 1. The maximum atomic E-state index is 12.2. The minimum atomic E-state index is -1.08. The summed E-state index contributed by atoms with van der Waals surface area (Å²) in [5.74, 6) is -0.0466. The summed E-state index contributed by atoms with van der Waals surface area (Å²) < 4.78 is 5.19. The van der Waals surface area contributed by atoms with Crippen molar-refractivity contribution in [1.29, 1.82) is 0 Å². The highest BCUT2D eigenvalue weighted by molar-refractivity contribution is 6.35. The molecule has 1 aromatic carbocycles. The van der Waals surface area contributed by atoms with Crippen LogP contribution in [0.5, 0.6) is 0 Å². The summed E-state index contributed by atoms with van der Waals surface area (Å²) in [6.07, 6.45) is 6.99. The number of unbranched alkanes of at least 4 members (excludes halogenated alkanes) is 1. The lowest BCUT2D eigenvalue weighted by Crippen LogP contribution is -2.43. The van der Waals surface area contributed by atoms with Gasteiger partial charge in [0.2, 0.25) is 0 Å². The second-order valence-electron chi connectivity index (χ2n) is 9.70. The zero-order valence-electron chi connectivity index (χ0n) is 20.8. The Hall–Kier alpha value is -2.55. The number of aryl methyl sites for hydroxylation is 2. The molecule has 0 spiro atoms. The second kappa shape index (κ2) is 13.3. The van der Waals surface area contributed by atoms with E-state index in [0.29, 0.717) is 34.6 Å². The predicted octanol–water partition coefficient (Wildman–Crippen LogP) is 5.30. The highest BCUT2D eigenvalue weighted by Crippen LogP contribution is 2.28. The lowest BCUT2D eigenvalue weighted by molar-refractivity contribution is -0.139. The van der Waals surface area contributed by atoms with Crippen LogP contribution in [0.2, 0.25) is 10.0 Å². The third kappa shape index (κ3) is 8.48. The number of carboxylic acid groups (broad SMARTS) is 1. The normalized spacial score (nSPS) is 15.5. The first-order chi connectivity index (χ1) is 17.9. The van der Waals surface area contributed by atoms with Crippen LogP contribution in [0.1, 0.15) is 55.3 Å². The first-order valence-corrected chi connectivity index (χ1v) is 13.7. The highest BCUT2D eigenvalue weighted by Gasteiger charge is 2.30. The molecule has 2 aromatic rings. The molecule has 1 atom stereocenters. The van der Waals surface area contributed by atoms with Gasteiger partial charge in [-0.25, -0.2) is 14.6 Å². The van der Waals surface area contributed by atoms with Crippen LogP contribution < -0.4 is 10.6 Å². The van der Waals surface area contributed by atoms with Crippen molar-refractivity contribution in [2.75, 3.05) is 25.0 Å². The molecule has 37 heavy (non-hydrogen) atoms. The summed E-state index contributed by atoms with van der Waals surface area (Å²) in [5.41, 5.74) is 3.00. The second-order valence-corrected chi connectivity index (χ2v) is 10.5. The zero-order valence-corrected chi connectivity index (χ0v) is 22.4. The molecular weight excluding hydrogens is 515 g/mol. The number of benzene rings is 1. The summed E-state index contributed by atoms with van der Waals surface area (Å²) in [4.78, 5) is 31.1. The molecule has 2 aliphatic rings. The van der Waals surface area contributed by atoms with Crippen molar-refractivity contribution in [2.24, 2.45) is 0 Å². The van der Waals surface area contributed by atoms with Crippen LogP contribution in [-0.4, -0.2) is 58.8 Å². The molecule has 4 rings (SSSR count). The fourth-order valence-electron chi connectivity index (χ4n) is 4.56. The number of pyridine rings is 1.